The molecule has 16 heavy (non-hydrogen) atoms. The van der Waals surface area contributed by atoms with Crippen molar-refractivity contribution >= 4 is 33.4 Å². The summed E-state index contributed by atoms with van der Waals surface area (Å²) in [6.45, 7) is 0. The van der Waals surface area contributed by atoms with Crippen molar-refractivity contribution in [2.45, 2.75) is 10.9 Å². The molecule has 0 aliphatic rings. The average molecular weight is 298 g/mol. The third kappa shape index (κ3) is 2.59. The fraction of sp³-hybridized carbons (Fsp3) is 0.182. The van der Waals surface area contributed by atoms with Gasteiger partial charge >= 0.3 is 0 Å². The zero-order valence-electron chi connectivity index (χ0n) is 8.85. The van der Waals surface area contributed by atoms with Crippen molar-refractivity contribution in [2.24, 2.45) is 7.05 Å². The molecule has 2 aromatic rings. The molecule has 84 valence electrons. The van der Waals surface area contributed by atoms with Crippen LogP contribution in [0.5, 0.6) is 0 Å². The van der Waals surface area contributed by atoms with Crippen LogP contribution in [0, 0.1) is 0 Å². The number of aromatic nitrogens is 2. The Hall–Kier alpha value is -0.940. The fourth-order valence-corrected chi connectivity index (χ4v) is 2.97. The zero-order chi connectivity index (χ0) is 11.5. The predicted octanol–water partition coefficient (Wildman–Crippen LogP) is 3.06. The van der Waals surface area contributed by atoms with Crippen molar-refractivity contribution in [3.8, 4) is 0 Å². The first-order chi connectivity index (χ1) is 7.66. The van der Waals surface area contributed by atoms with Crippen molar-refractivity contribution in [1.82, 2.24) is 9.55 Å². The van der Waals surface area contributed by atoms with Crippen molar-refractivity contribution in [3.63, 3.8) is 0 Å². The Bertz CT molecular complexity index is 496. The van der Waals surface area contributed by atoms with E-state index in [9.17, 15) is 0 Å². The number of aryl methyl sites for hydroxylation is 1. The van der Waals surface area contributed by atoms with Crippen LogP contribution in [-0.4, -0.2) is 9.55 Å². The minimum atomic E-state index is 0.776. The number of nitrogen functional groups attached to an aromatic ring is 1. The molecule has 0 radical (unpaired) electrons. The van der Waals surface area contributed by atoms with Crippen molar-refractivity contribution in [1.29, 1.82) is 0 Å². The van der Waals surface area contributed by atoms with E-state index in [-0.39, 0.29) is 0 Å². The molecule has 5 heteroatoms. The monoisotopic (exact) mass is 297 g/mol. The van der Waals surface area contributed by atoms with Gasteiger partial charge in [-0.1, -0.05) is 33.8 Å². The number of anilines is 1. The minimum Gasteiger partial charge on any atom is -0.399 e. The van der Waals surface area contributed by atoms with Crippen LogP contribution in [0.25, 0.3) is 0 Å². The molecule has 3 nitrogen and oxygen atoms in total. The maximum absolute atomic E-state index is 5.69. The summed E-state index contributed by atoms with van der Waals surface area (Å²) in [4.78, 5) is 4.26. The summed E-state index contributed by atoms with van der Waals surface area (Å²) in [5.41, 5.74) is 7.69. The Labute approximate surface area is 107 Å². The quantitative estimate of drug-likeness (QED) is 0.699. The van der Waals surface area contributed by atoms with Gasteiger partial charge in [0.1, 0.15) is 0 Å². The van der Waals surface area contributed by atoms with E-state index in [0.717, 1.165) is 21.1 Å². The Morgan fingerprint density at radius 1 is 1.50 bits per heavy atom. The van der Waals surface area contributed by atoms with E-state index in [1.165, 1.54) is 5.56 Å². The van der Waals surface area contributed by atoms with Gasteiger partial charge in [0.25, 0.3) is 0 Å². The van der Waals surface area contributed by atoms with Crippen LogP contribution in [0.4, 0.5) is 5.69 Å². The highest BCUT2D eigenvalue weighted by Crippen LogP contribution is 2.27. The molecule has 0 aliphatic carbocycles. The molecule has 0 unspecified atom stereocenters. The van der Waals surface area contributed by atoms with Crippen LogP contribution in [0.2, 0.25) is 0 Å². The summed E-state index contributed by atoms with van der Waals surface area (Å²) < 4.78 is 3.06. The molecule has 1 aromatic carbocycles. The number of benzene rings is 1. The number of nitrogens with zero attached hydrogens (tertiary/aromatic N) is 2. The SMILES string of the molecule is Cn1ccnc1SCc1ccc(N)cc1Br. The lowest BCUT2D eigenvalue weighted by atomic mass is 10.2. The van der Waals surface area contributed by atoms with Gasteiger partial charge in [-0.05, 0) is 17.7 Å². The third-order valence-electron chi connectivity index (χ3n) is 2.21. The normalized spacial score (nSPS) is 10.6. The number of nitrogens with two attached hydrogens (primary N) is 1. The Kier molecular flexibility index (Phi) is 3.56. The first-order valence-electron chi connectivity index (χ1n) is 4.81. The highest BCUT2D eigenvalue weighted by molar-refractivity contribution is 9.10. The molecule has 2 rings (SSSR count). The third-order valence-corrected chi connectivity index (χ3v) is 4.06. The number of hydrogen-bond acceptors (Lipinski definition) is 3. The molecule has 1 aromatic heterocycles. The highest BCUT2D eigenvalue weighted by atomic mass is 79.9. The Morgan fingerprint density at radius 3 is 2.94 bits per heavy atom. The standard InChI is InChI=1S/C11H12BrN3S/c1-15-5-4-14-11(15)16-7-8-2-3-9(13)6-10(8)12/h2-6H,7,13H2,1H3. The largest absolute Gasteiger partial charge is 0.399 e. The minimum absolute atomic E-state index is 0.776. The average Bonchev–Trinajstić information content (AvgIpc) is 2.63. The van der Waals surface area contributed by atoms with E-state index in [2.05, 4.69) is 20.9 Å². The zero-order valence-corrected chi connectivity index (χ0v) is 11.3. The van der Waals surface area contributed by atoms with Crippen LogP contribution in [-0.2, 0) is 12.8 Å². The summed E-state index contributed by atoms with van der Waals surface area (Å²) in [7, 11) is 1.99. The highest BCUT2D eigenvalue weighted by Gasteiger charge is 2.04. The molecular formula is C11H12BrN3S. The van der Waals surface area contributed by atoms with Gasteiger partial charge in [-0.25, -0.2) is 4.98 Å². The molecule has 0 saturated heterocycles. The van der Waals surface area contributed by atoms with E-state index in [1.54, 1.807) is 18.0 Å². The van der Waals surface area contributed by atoms with Gasteiger partial charge in [-0.3, -0.25) is 0 Å². The van der Waals surface area contributed by atoms with Crippen molar-refractivity contribution in [2.75, 3.05) is 5.73 Å². The van der Waals surface area contributed by atoms with Gasteiger partial charge in [0.15, 0.2) is 5.16 Å². The Balaban J connectivity index is 2.08. The predicted molar refractivity (Wildman–Crippen MR) is 71.3 cm³/mol. The van der Waals surface area contributed by atoms with Gasteiger partial charge < -0.3 is 10.3 Å². The number of thioether (sulfide) groups is 1. The van der Waals surface area contributed by atoms with Gasteiger partial charge in [-0.2, -0.15) is 0 Å². The molecule has 2 N–H and O–H groups in total. The van der Waals surface area contributed by atoms with Crippen LogP contribution >= 0.6 is 27.7 Å². The molecule has 0 aliphatic heterocycles. The molecule has 0 fully saturated rings. The molecule has 1 heterocycles. The van der Waals surface area contributed by atoms with Gasteiger partial charge in [0.05, 0.1) is 0 Å². The summed E-state index contributed by atoms with van der Waals surface area (Å²) in [6, 6.07) is 5.88. The first kappa shape index (κ1) is 11.5. The van der Waals surface area contributed by atoms with E-state index in [4.69, 9.17) is 5.73 Å². The number of rotatable bonds is 3. The molecular weight excluding hydrogens is 286 g/mol. The van der Waals surface area contributed by atoms with E-state index >= 15 is 0 Å². The lowest BCUT2D eigenvalue weighted by Crippen LogP contribution is -1.91. The number of hydrogen-bond donors (Lipinski definition) is 1. The summed E-state index contributed by atoms with van der Waals surface area (Å²) in [5, 5.41) is 1.02. The fourth-order valence-electron chi connectivity index (χ4n) is 1.31. The lowest BCUT2D eigenvalue weighted by molar-refractivity contribution is 0.790. The molecule has 0 bridgehead atoms. The molecule has 0 saturated carbocycles. The van der Waals surface area contributed by atoms with Crippen molar-refractivity contribution in [3.05, 3.63) is 40.6 Å². The molecule has 0 atom stereocenters. The van der Waals surface area contributed by atoms with Crippen LogP contribution in [0.15, 0.2) is 40.2 Å². The van der Waals surface area contributed by atoms with Gasteiger partial charge in [0, 0.05) is 35.4 Å². The second-order valence-electron chi connectivity index (χ2n) is 3.46. The van der Waals surface area contributed by atoms with Gasteiger partial charge in [-0.15, -0.1) is 0 Å². The van der Waals surface area contributed by atoms with E-state index in [1.807, 2.05) is 36.0 Å². The summed E-state index contributed by atoms with van der Waals surface area (Å²) >= 11 is 5.22. The number of imidazole rings is 1. The van der Waals surface area contributed by atoms with Crippen molar-refractivity contribution < 1.29 is 0 Å². The van der Waals surface area contributed by atoms with Crippen LogP contribution < -0.4 is 5.73 Å². The first-order valence-corrected chi connectivity index (χ1v) is 6.58. The maximum Gasteiger partial charge on any atom is 0.167 e. The Morgan fingerprint density at radius 2 is 2.31 bits per heavy atom. The van der Waals surface area contributed by atoms with E-state index < -0.39 is 0 Å². The van der Waals surface area contributed by atoms with Crippen LogP contribution in [0.1, 0.15) is 5.56 Å². The van der Waals surface area contributed by atoms with Crippen LogP contribution in [0.3, 0.4) is 0 Å². The second-order valence-corrected chi connectivity index (χ2v) is 5.26. The summed E-state index contributed by atoms with van der Waals surface area (Å²) in [6.07, 6.45) is 3.75. The lowest BCUT2D eigenvalue weighted by Gasteiger charge is -2.05. The molecule has 0 spiro atoms. The topological polar surface area (TPSA) is 43.8 Å². The smallest absolute Gasteiger partial charge is 0.167 e. The second kappa shape index (κ2) is 4.93. The van der Waals surface area contributed by atoms with E-state index in [0.29, 0.717) is 0 Å². The summed E-state index contributed by atoms with van der Waals surface area (Å²) in [5.74, 6) is 0.881. The number of halogens is 1. The maximum atomic E-state index is 5.69. The van der Waals surface area contributed by atoms with Gasteiger partial charge in [0.2, 0.25) is 0 Å². The molecule has 0 amide bonds.